The number of hydrogen-bond donors (Lipinski definition) is 1. The van der Waals surface area contributed by atoms with Gasteiger partial charge in [-0.15, -0.1) is 11.8 Å². The van der Waals surface area contributed by atoms with Gasteiger partial charge in [-0.1, -0.05) is 0 Å². The molecule has 1 aliphatic rings. The maximum absolute atomic E-state index is 12.1. The molecule has 0 spiro atoms. The molecule has 20 heavy (non-hydrogen) atoms. The van der Waals surface area contributed by atoms with Crippen LogP contribution < -0.4 is 4.90 Å². The fraction of sp³-hybridized carbons (Fsp3) is 0.417. The minimum absolute atomic E-state index is 0.126. The summed E-state index contributed by atoms with van der Waals surface area (Å²) < 4.78 is 25.4. The second-order valence-corrected chi connectivity index (χ2v) is 7.87. The molecule has 1 aromatic carbocycles. The number of sulfonamides is 1. The van der Waals surface area contributed by atoms with E-state index >= 15 is 0 Å². The van der Waals surface area contributed by atoms with Gasteiger partial charge in [-0.3, -0.25) is 4.79 Å². The molecule has 110 valence electrons. The van der Waals surface area contributed by atoms with Crippen molar-refractivity contribution in [3.63, 3.8) is 0 Å². The van der Waals surface area contributed by atoms with E-state index in [9.17, 15) is 13.2 Å². The first kappa shape index (κ1) is 15.1. The van der Waals surface area contributed by atoms with E-state index in [1.54, 1.807) is 34.9 Å². The van der Waals surface area contributed by atoms with Gasteiger partial charge in [-0.2, -0.15) is 0 Å². The minimum atomic E-state index is -3.51. The number of carboxylic acid groups (broad SMARTS) is 1. The SMILES string of the molecule is CN(C)S(=O)(=O)c1ccc2c(c1)N(CC(=O)O)CCS2. The van der Waals surface area contributed by atoms with E-state index < -0.39 is 16.0 Å². The quantitative estimate of drug-likeness (QED) is 0.890. The molecule has 0 atom stereocenters. The third kappa shape index (κ3) is 2.92. The van der Waals surface area contributed by atoms with Crippen molar-refractivity contribution >= 4 is 33.4 Å². The Labute approximate surface area is 122 Å². The van der Waals surface area contributed by atoms with Crippen LogP contribution in [0.3, 0.4) is 0 Å². The van der Waals surface area contributed by atoms with Gasteiger partial charge in [0.1, 0.15) is 6.54 Å². The largest absolute Gasteiger partial charge is 0.480 e. The molecule has 0 saturated carbocycles. The maximum Gasteiger partial charge on any atom is 0.323 e. The van der Waals surface area contributed by atoms with E-state index in [0.717, 1.165) is 15.0 Å². The molecule has 0 bridgehead atoms. The molecule has 1 aliphatic heterocycles. The summed E-state index contributed by atoms with van der Waals surface area (Å²) in [5.74, 6) is -0.135. The summed E-state index contributed by atoms with van der Waals surface area (Å²) in [5, 5.41) is 8.93. The lowest BCUT2D eigenvalue weighted by Crippen LogP contribution is -2.34. The van der Waals surface area contributed by atoms with Crippen molar-refractivity contribution in [2.75, 3.05) is 37.8 Å². The zero-order valence-electron chi connectivity index (χ0n) is 11.2. The Balaban J connectivity index is 2.45. The van der Waals surface area contributed by atoms with Gasteiger partial charge in [0.15, 0.2) is 0 Å². The monoisotopic (exact) mass is 316 g/mol. The standard InChI is InChI=1S/C12H16N2O4S2/c1-13(2)20(17,18)9-3-4-11-10(7-9)14(5-6-19-11)8-12(15)16/h3-4,7H,5-6,8H2,1-2H3,(H,15,16). The topological polar surface area (TPSA) is 77.9 Å². The lowest BCUT2D eigenvalue weighted by atomic mass is 10.2. The summed E-state index contributed by atoms with van der Waals surface area (Å²) in [6.45, 7) is 0.467. The Morgan fingerprint density at radius 1 is 1.45 bits per heavy atom. The molecule has 2 rings (SSSR count). The number of hydrogen-bond acceptors (Lipinski definition) is 5. The number of nitrogens with zero attached hydrogens (tertiary/aromatic N) is 2. The van der Waals surface area contributed by atoms with Gasteiger partial charge < -0.3 is 10.0 Å². The normalized spacial score (nSPS) is 15.2. The molecule has 0 amide bonds. The Morgan fingerprint density at radius 3 is 2.75 bits per heavy atom. The van der Waals surface area contributed by atoms with Crippen molar-refractivity contribution < 1.29 is 18.3 Å². The lowest BCUT2D eigenvalue weighted by Gasteiger charge is -2.30. The van der Waals surface area contributed by atoms with Crippen LogP contribution in [0.4, 0.5) is 5.69 Å². The number of benzene rings is 1. The van der Waals surface area contributed by atoms with E-state index in [1.165, 1.54) is 14.1 Å². The lowest BCUT2D eigenvalue weighted by molar-refractivity contribution is -0.135. The molecule has 1 heterocycles. The van der Waals surface area contributed by atoms with E-state index in [0.29, 0.717) is 12.2 Å². The van der Waals surface area contributed by atoms with Crippen LogP contribution in [0, 0.1) is 0 Å². The second kappa shape index (κ2) is 5.63. The number of rotatable bonds is 4. The molecular weight excluding hydrogens is 300 g/mol. The Kier molecular flexibility index (Phi) is 4.26. The number of carbonyl (C=O) groups is 1. The highest BCUT2D eigenvalue weighted by Crippen LogP contribution is 2.36. The summed E-state index contributed by atoms with van der Waals surface area (Å²) in [4.78, 5) is 13.7. The third-order valence-corrected chi connectivity index (χ3v) is 5.85. The smallest absolute Gasteiger partial charge is 0.323 e. The highest BCUT2D eigenvalue weighted by molar-refractivity contribution is 7.99. The van der Waals surface area contributed by atoms with Crippen molar-refractivity contribution in [1.82, 2.24) is 4.31 Å². The van der Waals surface area contributed by atoms with Gasteiger partial charge in [0.05, 0.1) is 10.6 Å². The van der Waals surface area contributed by atoms with Gasteiger partial charge in [0.25, 0.3) is 0 Å². The van der Waals surface area contributed by atoms with Crippen LogP contribution in [-0.4, -0.2) is 56.7 Å². The van der Waals surface area contributed by atoms with E-state index in [1.807, 2.05) is 0 Å². The summed E-state index contributed by atoms with van der Waals surface area (Å²) >= 11 is 1.60. The summed E-state index contributed by atoms with van der Waals surface area (Å²) in [6, 6.07) is 4.86. The van der Waals surface area contributed by atoms with Crippen molar-refractivity contribution in [3.8, 4) is 0 Å². The molecule has 0 unspecified atom stereocenters. The number of anilines is 1. The van der Waals surface area contributed by atoms with Gasteiger partial charge in [0.2, 0.25) is 10.0 Å². The molecule has 0 fully saturated rings. The molecule has 0 aliphatic carbocycles. The number of aliphatic carboxylic acids is 1. The first-order chi connectivity index (χ1) is 9.32. The summed E-state index contributed by atoms with van der Waals surface area (Å²) in [6.07, 6.45) is 0. The zero-order chi connectivity index (χ0) is 14.9. The van der Waals surface area contributed by atoms with Crippen molar-refractivity contribution in [3.05, 3.63) is 18.2 Å². The predicted octanol–water partition coefficient (Wildman–Crippen LogP) is 0.934. The highest BCUT2D eigenvalue weighted by Gasteiger charge is 2.24. The molecule has 1 N–H and O–H groups in total. The Morgan fingerprint density at radius 2 is 2.15 bits per heavy atom. The van der Waals surface area contributed by atoms with Crippen LogP contribution in [0.2, 0.25) is 0 Å². The van der Waals surface area contributed by atoms with Crippen LogP contribution >= 0.6 is 11.8 Å². The fourth-order valence-corrected chi connectivity index (χ4v) is 3.91. The first-order valence-electron chi connectivity index (χ1n) is 5.98. The van der Waals surface area contributed by atoms with Gasteiger partial charge in [0, 0.05) is 31.3 Å². The van der Waals surface area contributed by atoms with E-state index in [-0.39, 0.29) is 11.4 Å². The second-order valence-electron chi connectivity index (χ2n) is 4.58. The fourth-order valence-electron chi connectivity index (χ4n) is 1.95. The van der Waals surface area contributed by atoms with E-state index in [4.69, 9.17) is 5.11 Å². The van der Waals surface area contributed by atoms with Gasteiger partial charge >= 0.3 is 5.97 Å². The Bertz CT molecular complexity index is 628. The number of thioether (sulfide) groups is 1. The first-order valence-corrected chi connectivity index (χ1v) is 8.41. The highest BCUT2D eigenvalue weighted by atomic mass is 32.2. The van der Waals surface area contributed by atoms with Crippen molar-refractivity contribution in [2.24, 2.45) is 0 Å². The number of fused-ring (bicyclic) bond motifs is 1. The molecule has 0 saturated heterocycles. The Hall–Kier alpha value is -1.25. The van der Waals surface area contributed by atoms with Crippen molar-refractivity contribution in [1.29, 1.82) is 0 Å². The molecule has 8 heteroatoms. The molecule has 6 nitrogen and oxygen atoms in total. The number of carboxylic acids is 1. The third-order valence-electron chi connectivity index (χ3n) is 2.99. The predicted molar refractivity (Wildman–Crippen MR) is 77.9 cm³/mol. The van der Waals surface area contributed by atoms with Crippen LogP contribution in [0.5, 0.6) is 0 Å². The summed E-state index contributed by atoms with van der Waals surface area (Å²) in [5.41, 5.74) is 0.673. The molecule has 0 aromatic heterocycles. The maximum atomic E-state index is 12.1. The van der Waals surface area contributed by atoms with Crippen LogP contribution in [0.25, 0.3) is 0 Å². The average molecular weight is 316 g/mol. The van der Waals surface area contributed by atoms with Gasteiger partial charge in [-0.05, 0) is 18.2 Å². The molecule has 1 aromatic rings. The summed E-state index contributed by atoms with van der Waals surface area (Å²) in [7, 11) is -0.571. The van der Waals surface area contributed by atoms with Crippen LogP contribution in [-0.2, 0) is 14.8 Å². The van der Waals surface area contributed by atoms with Crippen LogP contribution in [0.1, 0.15) is 0 Å². The van der Waals surface area contributed by atoms with Gasteiger partial charge in [-0.25, -0.2) is 12.7 Å². The minimum Gasteiger partial charge on any atom is -0.480 e. The van der Waals surface area contributed by atoms with Crippen molar-refractivity contribution in [2.45, 2.75) is 9.79 Å². The van der Waals surface area contributed by atoms with E-state index in [2.05, 4.69) is 0 Å². The van der Waals surface area contributed by atoms with Crippen LogP contribution in [0.15, 0.2) is 28.0 Å². The zero-order valence-corrected chi connectivity index (χ0v) is 12.9. The molecule has 0 radical (unpaired) electrons. The average Bonchev–Trinajstić information content (AvgIpc) is 2.37. The molecular formula is C12H16N2O4S2.